The molecule has 1 aromatic carbocycles. The first kappa shape index (κ1) is 14.4. The number of nitrogens with zero attached hydrogens (tertiary/aromatic N) is 1. The van der Waals surface area contributed by atoms with Gasteiger partial charge in [0.05, 0.1) is 11.7 Å². The molecule has 0 spiro atoms. The predicted molar refractivity (Wildman–Crippen MR) is 80.8 cm³/mol. The van der Waals surface area contributed by atoms with E-state index in [1.165, 1.54) is 5.56 Å². The Morgan fingerprint density at radius 3 is 2.65 bits per heavy atom. The summed E-state index contributed by atoms with van der Waals surface area (Å²) < 4.78 is 0. The van der Waals surface area contributed by atoms with Gasteiger partial charge in [-0.25, -0.2) is 0 Å². The van der Waals surface area contributed by atoms with E-state index >= 15 is 0 Å². The highest BCUT2D eigenvalue weighted by Gasteiger charge is 2.15. The van der Waals surface area contributed by atoms with Crippen molar-refractivity contribution in [3.63, 3.8) is 0 Å². The molecule has 0 bridgehead atoms. The minimum Gasteiger partial charge on any atom is -0.302 e. The smallest absolute Gasteiger partial charge is 0.179 e. The molecule has 3 heteroatoms. The van der Waals surface area contributed by atoms with Gasteiger partial charge in [-0.05, 0) is 50.1 Å². The number of Topliss-reactive ketones (excluding diaryl/α,β-unsaturated/α-hetero) is 1. The molecule has 1 heterocycles. The van der Waals surface area contributed by atoms with Crippen LogP contribution < -0.4 is 5.32 Å². The number of carbonyl (C=O) groups excluding carboxylic acids is 1. The predicted octanol–water partition coefficient (Wildman–Crippen LogP) is 3.06. The Morgan fingerprint density at radius 1 is 1.20 bits per heavy atom. The number of ketones is 1. The molecule has 0 saturated carbocycles. The molecule has 3 nitrogen and oxygen atoms in total. The second-order valence-corrected chi connectivity index (χ2v) is 5.09. The Morgan fingerprint density at radius 2 is 2.00 bits per heavy atom. The van der Waals surface area contributed by atoms with Crippen LogP contribution >= 0.6 is 0 Å². The first-order valence-electron chi connectivity index (χ1n) is 6.82. The van der Waals surface area contributed by atoms with E-state index in [-0.39, 0.29) is 11.8 Å². The standard InChI is InChI=1S/C17H20N2O/c1-12-7-8-15(10-13(12)2)17(20)14(3)19-11-16-6-4-5-9-18-16/h4-10,14,19H,11H2,1-3H3. The van der Waals surface area contributed by atoms with Crippen LogP contribution in [0.5, 0.6) is 0 Å². The van der Waals surface area contributed by atoms with Crippen molar-refractivity contribution in [1.29, 1.82) is 0 Å². The summed E-state index contributed by atoms with van der Waals surface area (Å²) >= 11 is 0. The zero-order valence-corrected chi connectivity index (χ0v) is 12.2. The van der Waals surface area contributed by atoms with Gasteiger partial charge in [-0.1, -0.05) is 18.2 Å². The quantitative estimate of drug-likeness (QED) is 0.847. The van der Waals surface area contributed by atoms with Gasteiger partial charge in [-0.15, -0.1) is 0 Å². The molecule has 1 N–H and O–H groups in total. The van der Waals surface area contributed by atoms with Crippen molar-refractivity contribution in [3.8, 4) is 0 Å². The molecule has 2 aromatic rings. The average Bonchev–Trinajstić information content (AvgIpc) is 2.48. The number of hydrogen-bond acceptors (Lipinski definition) is 3. The van der Waals surface area contributed by atoms with Gasteiger partial charge >= 0.3 is 0 Å². The van der Waals surface area contributed by atoms with Gasteiger partial charge in [-0.2, -0.15) is 0 Å². The van der Waals surface area contributed by atoms with Crippen LogP contribution in [0.1, 0.15) is 34.1 Å². The Balaban J connectivity index is 1.99. The van der Waals surface area contributed by atoms with E-state index in [1.54, 1.807) is 6.20 Å². The molecule has 0 aliphatic rings. The van der Waals surface area contributed by atoms with Gasteiger partial charge in [-0.3, -0.25) is 9.78 Å². The number of aryl methyl sites for hydroxylation is 2. The molecule has 1 unspecified atom stereocenters. The minimum absolute atomic E-state index is 0.115. The summed E-state index contributed by atoms with van der Waals surface area (Å²) in [6, 6.07) is 11.4. The molecular weight excluding hydrogens is 248 g/mol. The van der Waals surface area contributed by atoms with Gasteiger partial charge in [0.25, 0.3) is 0 Å². The number of benzene rings is 1. The van der Waals surface area contributed by atoms with E-state index in [0.29, 0.717) is 6.54 Å². The Kier molecular flexibility index (Phi) is 4.64. The zero-order chi connectivity index (χ0) is 14.5. The normalized spacial score (nSPS) is 12.2. The van der Waals surface area contributed by atoms with Gasteiger partial charge in [0, 0.05) is 18.3 Å². The number of rotatable bonds is 5. The maximum Gasteiger partial charge on any atom is 0.179 e. The third-order valence-electron chi connectivity index (χ3n) is 3.50. The summed E-state index contributed by atoms with van der Waals surface area (Å²) in [6.45, 7) is 6.56. The number of aromatic nitrogens is 1. The van der Waals surface area contributed by atoms with Gasteiger partial charge < -0.3 is 5.32 Å². The summed E-state index contributed by atoms with van der Waals surface area (Å²) in [4.78, 5) is 16.6. The molecule has 1 aromatic heterocycles. The summed E-state index contributed by atoms with van der Waals surface area (Å²) in [5.41, 5.74) is 4.05. The lowest BCUT2D eigenvalue weighted by molar-refractivity contribution is 0.0950. The van der Waals surface area contributed by atoms with E-state index in [4.69, 9.17) is 0 Å². The van der Waals surface area contributed by atoms with Crippen molar-refractivity contribution in [2.75, 3.05) is 0 Å². The van der Waals surface area contributed by atoms with Crippen LogP contribution in [0.15, 0.2) is 42.6 Å². The van der Waals surface area contributed by atoms with Crippen molar-refractivity contribution < 1.29 is 4.79 Å². The monoisotopic (exact) mass is 268 g/mol. The van der Waals surface area contributed by atoms with Crippen molar-refractivity contribution >= 4 is 5.78 Å². The third-order valence-corrected chi connectivity index (χ3v) is 3.50. The number of hydrogen-bond donors (Lipinski definition) is 1. The summed E-state index contributed by atoms with van der Waals surface area (Å²) in [7, 11) is 0. The lowest BCUT2D eigenvalue weighted by Crippen LogP contribution is -2.33. The van der Waals surface area contributed by atoms with E-state index in [9.17, 15) is 4.79 Å². The molecule has 2 rings (SSSR count). The lowest BCUT2D eigenvalue weighted by Gasteiger charge is -2.13. The van der Waals surface area contributed by atoms with Crippen LogP contribution in [0, 0.1) is 13.8 Å². The van der Waals surface area contributed by atoms with Crippen molar-refractivity contribution in [2.24, 2.45) is 0 Å². The van der Waals surface area contributed by atoms with E-state index in [1.807, 2.05) is 57.2 Å². The van der Waals surface area contributed by atoms with Crippen LogP contribution in [0.2, 0.25) is 0 Å². The zero-order valence-electron chi connectivity index (χ0n) is 12.2. The van der Waals surface area contributed by atoms with Gasteiger partial charge in [0.15, 0.2) is 5.78 Å². The molecule has 0 amide bonds. The van der Waals surface area contributed by atoms with E-state index in [0.717, 1.165) is 16.8 Å². The lowest BCUT2D eigenvalue weighted by atomic mass is 10.0. The maximum absolute atomic E-state index is 12.3. The highest BCUT2D eigenvalue weighted by Crippen LogP contribution is 2.12. The van der Waals surface area contributed by atoms with Crippen LogP contribution in [0.4, 0.5) is 0 Å². The molecule has 0 aliphatic carbocycles. The summed E-state index contributed by atoms with van der Waals surface area (Å²) in [5.74, 6) is 0.115. The fourth-order valence-electron chi connectivity index (χ4n) is 2.00. The summed E-state index contributed by atoms with van der Waals surface area (Å²) in [5, 5.41) is 3.22. The minimum atomic E-state index is -0.223. The highest BCUT2D eigenvalue weighted by molar-refractivity contribution is 6.00. The Hall–Kier alpha value is -2.00. The molecule has 104 valence electrons. The van der Waals surface area contributed by atoms with Crippen LogP contribution in [-0.2, 0) is 6.54 Å². The number of nitrogens with one attached hydrogen (secondary N) is 1. The van der Waals surface area contributed by atoms with Crippen molar-refractivity contribution in [1.82, 2.24) is 10.3 Å². The van der Waals surface area contributed by atoms with E-state index < -0.39 is 0 Å². The molecule has 0 aliphatic heterocycles. The fourth-order valence-corrected chi connectivity index (χ4v) is 2.00. The first-order chi connectivity index (χ1) is 9.58. The molecule has 1 atom stereocenters. The number of carbonyl (C=O) groups is 1. The van der Waals surface area contributed by atoms with Crippen molar-refractivity contribution in [3.05, 3.63) is 65.0 Å². The molecule has 20 heavy (non-hydrogen) atoms. The Labute approximate surface area is 120 Å². The SMILES string of the molecule is Cc1ccc(C(=O)C(C)NCc2ccccn2)cc1C. The number of pyridine rings is 1. The fraction of sp³-hybridized carbons (Fsp3) is 0.294. The van der Waals surface area contributed by atoms with Crippen LogP contribution in [-0.4, -0.2) is 16.8 Å². The topological polar surface area (TPSA) is 42.0 Å². The summed E-state index contributed by atoms with van der Waals surface area (Å²) in [6.07, 6.45) is 1.76. The van der Waals surface area contributed by atoms with Crippen LogP contribution in [0.3, 0.4) is 0 Å². The molecular formula is C17H20N2O. The Bertz CT molecular complexity index is 593. The van der Waals surface area contributed by atoms with Crippen molar-refractivity contribution in [2.45, 2.75) is 33.4 Å². The highest BCUT2D eigenvalue weighted by atomic mass is 16.1. The van der Waals surface area contributed by atoms with Gasteiger partial charge in [0.2, 0.25) is 0 Å². The molecule has 0 fully saturated rings. The van der Waals surface area contributed by atoms with Gasteiger partial charge in [0.1, 0.15) is 0 Å². The van der Waals surface area contributed by atoms with Crippen LogP contribution in [0.25, 0.3) is 0 Å². The average molecular weight is 268 g/mol. The largest absolute Gasteiger partial charge is 0.302 e. The molecule has 0 saturated heterocycles. The van der Waals surface area contributed by atoms with E-state index in [2.05, 4.69) is 10.3 Å². The second kappa shape index (κ2) is 6.44. The maximum atomic E-state index is 12.3. The third kappa shape index (κ3) is 3.52. The first-order valence-corrected chi connectivity index (χ1v) is 6.82. The molecule has 0 radical (unpaired) electrons. The second-order valence-electron chi connectivity index (χ2n) is 5.09.